The number of hydrogen-bond donors (Lipinski definition) is 2. The summed E-state index contributed by atoms with van der Waals surface area (Å²) < 4.78 is 57.8. The van der Waals surface area contributed by atoms with Gasteiger partial charge >= 0.3 is 30.0 Å². The summed E-state index contributed by atoms with van der Waals surface area (Å²) in [6, 6.07) is -1.61. The van der Waals surface area contributed by atoms with Crippen LogP contribution in [0.5, 0.6) is 0 Å². The Balaban J connectivity index is 3.18. The Morgan fingerprint density at radius 3 is 1.96 bits per heavy atom. The van der Waals surface area contributed by atoms with Crippen LogP contribution in [0.4, 0.5) is 13.2 Å². The highest BCUT2D eigenvalue weighted by Gasteiger charge is 2.52. The van der Waals surface area contributed by atoms with Crippen molar-refractivity contribution in [3.63, 3.8) is 0 Å². The van der Waals surface area contributed by atoms with Crippen LogP contribution in [-0.4, -0.2) is 66.4 Å². The zero-order chi connectivity index (χ0) is 20.9. The molecule has 1 aliphatic heterocycles. The summed E-state index contributed by atoms with van der Waals surface area (Å²) in [4.78, 5) is 45.1. The van der Waals surface area contributed by atoms with Crippen LogP contribution in [0.2, 0.25) is 0 Å². The fraction of sp³-hybridized carbons (Fsp3) is 0.714. The van der Waals surface area contributed by atoms with E-state index in [0.29, 0.717) is 0 Å². The second kappa shape index (κ2) is 9.26. The fourth-order valence-electron chi connectivity index (χ4n) is 2.31. The third-order valence-electron chi connectivity index (χ3n) is 3.28. The van der Waals surface area contributed by atoms with Gasteiger partial charge in [0.15, 0.2) is 12.2 Å². The molecule has 1 fully saturated rings. The molecule has 0 aromatic rings. The molecular weight excluding hydrogens is 399 g/mol. The van der Waals surface area contributed by atoms with Crippen LogP contribution in [0.15, 0.2) is 0 Å². The maximum atomic E-state index is 12.6. The molecule has 1 N–H and O–H groups in total. The molecule has 9 nitrogen and oxygen atoms in total. The van der Waals surface area contributed by atoms with E-state index in [9.17, 15) is 32.3 Å². The quantitative estimate of drug-likeness (QED) is 0.368. The third-order valence-corrected chi connectivity index (χ3v) is 3.72. The highest BCUT2D eigenvalue weighted by molar-refractivity contribution is 7.80. The first kappa shape index (κ1) is 23.0. The standard InChI is InChI=1S/C14H18F3NO8S/c1-5(19)23-4-8-10(24-6(2)20)11(25-7(3)21)9(12(27)26-8)18-13(22)14(15,16)17/h8-12,27H,4H2,1-3H3,(H,18,22)/t8-,9-,10+,11-,12+/m1/s1. The highest BCUT2D eigenvalue weighted by atomic mass is 32.1. The summed E-state index contributed by atoms with van der Waals surface area (Å²) in [5, 5.41) is 1.61. The minimum atomic E-state index is -5.22. The van der Waals surface area contributed by atoms with Crippen LogP contribution >= 0.6 is 12.6 Å². The number of halogens is 3. The number of carbonyl (C=O) groups excluding carboxylic acids is 4. The largest absolute Gasteiger partial charge is 0.471 e. The molecule has 154 valence electrons. The Bertz CT molecular complexity index is 599. The number of thiol groups is 1. The van der Waals surface area contributed by atoms with E-state index in [0.717, 1.165) is 20.8 Å². The minimum absolute atomic E-state index is 0.456. The van der Waals surface area contributed by atoms with Gasteiger partial charge in [-0.1, -0.05) is 0 Å². The smallest absolute Gasteiger partial charge is 0.463 e. The lowest BCUT2D eigenvalue weighted by molar-refractivity contribution is -0.214. The van der Waals surface area contributed by atoms with E-state index in [4.69, 9.17) is 18.9 Å². The van der Waals surface area contributed by atoms with Crippen molar-refractivity contribution in [3.8, 4) is 0 Å². The van der Waals surface area contributed by atoms with E-state index in [1.54, 1.807) is 5.32 Å². The second-order valence-corrected chi connectivity index (χ2v) is 6.02. The van der Waals surface area contributed by atoms with Gasteiger partial charge in [-0.3, -0.25) is 19.2 Å². The number of esters is 3. The Morgan fingerprint density at radius 1 is 1.00 bits per heavy atom. The SMILES string of the molecule is CC(=O)OC[C@H]1O[C@@H](S)[C@H](NC(=O)C(F)(F)F)[C@@H](OC(C)=O)[C@H]1OC(C)=O. The lowest BCUT2D eigenvalue weighted by Crippen LogP contribution is -2.66. The van der Waals surface area contributed by atoms with Crippen molar-refractivity contribution >= 4 is 36.4 Å². The van der Waals surface area contributed by atoms with Crippen molar-refractivity contribution < 1.29 is 51.3 Å². The predicted molar refractivity (Wildman–Crippen MR) is 83.4 cm³/mol. The topological polar surface area (TPSA) is 117 Å². The molecule has 0 aliphatic carbocycles. The van der Waals surface area contributed by atoms with Crippen molar-refractivity contribution in [3.05, 3.63) is 0 Å². The van der Waals surface area contributed by atoms with E-state index >= 15 is 0 Å². The van der Waals surface area contributed by atoms with Gasteiger partial charge in [0.1, 0.15) is 24.2 Å². The monoisotopic (exact) mass is 417 g/mol. The molecule has 0 saturated carbocycles. The first-order valence-corrected chi connectivity index (χ1v) is 8.03. The molecule has 0 radical (unpaired) electrons. The third kappa shape index (κ3) is 6.90. The fourth-order valence-corrected chi connectivity index (χ4v) is 2.71. The first-order valence-electron chi connectivity index (χ1n) is 7.52. The molecule has 1 aliphatic rings. The Morgan fingerprint density at radius 2 is 1.52 bits per heavy atom. The van der Waals surface area contributed by atoms with Crippen LogP contribution in [-0.2, 0) is 38.1 Å². The normalized spacial score (nSPS) is 28.0. The molecule has 13 heteroatoms. The van der Waals surface area contributed by atoms with Crippen molar-refractivity contribution in [1.29, 1.82) is 0 Å². The lowest BCUT2D eigenvalue weighted by atomic mass is 9.97. The van der Waals surface area contributed by atoms with Gasteiger partial charge in [0.2, 0.25) is 0 Å². The summed E-state index contributed by atoms with van der Waals surface area (Å²) in [6.45, 7) is 2.61. The summed E-state index contributed by atoms with van der Waals surface area (Å²) >= 11 is 3.97. The Kier molecular flexibility index (Phi) is 7.90. The number of rotatable bonds is 5. The molecule has 1 saturated heterocycles. The molecular formula is C14H18F3NO8S. The number of nitrogens with one attached hydrogen (secondary N) is 1. The lowest BCUT2D eigenvalue weighted by Gasteiger charge is -2.44. The maximum absolute atomic E-state index is 12.6. The van der Waals surface area contributed by atoms with Crippen molar-refractivity contribution in [2.45, 2.75) is 56.7 Å². The van der Waals surface area contributed by atoms with Gasteiger partial charge in [0, 0.05) is 20.8 Å². The minimum Gasteiger partial charge on any atom is -0.463 e. The number of carbonyl (C=O) groups is 4. The summed E-state index contributed by atoms with van der Waals surface area (Å²) in [7, 11) is 0. The van der Waals surface area contributed by atoms with Crippen LogP contribution in [0, 0.1) is 0 Å². The number of ether oxygens (including phenoxy) is 4. The summed E-state index contributed by atoms with van der Waals surface area (Å²) in [5.41, 5.74) is -1.40. The number of amides is 1. The molecule has 5 atom stereocenters. The van der Waals surface area contributed by atoms with E-state index in [2.05, 4.69) is 12.6 Å². The first-order chi connectivity index (χ1) is 12.3. The van der Waals surface area contributed by atoms with E-state index in [1.807, 2.05) is 0 Å². The second-order valence-electron chi connectivity index (χ2n) is 5.51. The molecule has 0 unspecified atom stereocenters. The highest BCUT2D eigenvalue weighted by Crippen LogP contribution is 2.29. The van der Waals surface area contributed by atoms with Gasteiger partial charge in [0.05, 0.1) is 0 Å². The van der Waals surface area contributed by atoms with Gasteiger partial charge in [-0.2, -0.15) is 13.2 Å². The van der Waals surface area contributed by atoms with E-state index < -0.39 is 66.4 Å². The Hall–Kier alpha value is -2.02. The van der Waals surface area contributed by atoms with E-state index in [1.165, 1.54) is 0 Å². The molecule has 1 heterocycles. The maximum Gasteiger partial charge on any atom is 0.471 e. The molecule has 0 spiro atoms. The van der Waals surface area contributed by atoms with Crippen LogP contribution in [0.25, 0.3) is 0 Å². The van der Waals surface area contributed by atoms with Gasteiger partial charge in [-0.05, 0) is 0 Å². The van der Waals surface area contributed by atoms with Crippen LogP contribution < -0.4 is 5.32 Å². The Labute approximate surface area is 157 Å². The average Bonchev–Trinajstić information content (AvgIpc) is 2.49. The summed E-state index contributed by atoms with van der Waals surface area (Å²) in [5.74, 6) is -4.82. The van der Waals surface area contributed by atoms with Gasteiger partial charge in [-0.25, -0.2) is 0 Å². The van der Waals surface area contributed by atoms with Gasteiger partial charge in [-0.15, -0.1) is 12.6 Å². The van der Waals surface area contributed by atoms with Crippen molar-refractivity contribution in [2.24, 2.45) is 0 Å². The number of hydrogen-bond acceptors (Lipinski definition) is 9. The van der Waals surface area contributed by atoms with Crippen LogP contribution in [0.1, 0.15) is 20.8 Å². The number of alkyl halides is 3. The average molecular weight is 417 g/mol. The van der Waals surface area contributed by atoms with Crippen molar-refractivity contribution in [2.75, 3.05) is 6.61 Å². The molecule has 0 aromatic carbocycles. The van der Waals surface area contributed by atoms with Crippen LogP contribution in [0.3, 0.4) is 0 Å². The molecule has 0 bridgehead atoms. The summed E-state index contributed by atoms with van der Waals surface area (Å²) in [6.07, 6.45) is -9.47. The zero-order valence-electron chi connectivity index (χ0n) is 14.4. The van der Waals surface area contributed by atoms with Gasteiger partial charge in [0.25, 0.3) is 0 Å². The molecule has 1 amide bonds. The van der Waals surface area contributed by atoms with Gasteiger partial charge < -0.3 is 24.3 Å². The molecule has 1 rings (SSSR count). The zero-order valence-corrected chi connectivity index (χ0v) is 15.3. The van der Waals surface area contributed by atoms with E-state index in [-0.39, 0.29) is 0 Å². The molecule has 27 heavy (non-hydrogen) atoms. The van der Waals surface area contributed by atoms with Crippen molar-refractivity contribution in [1.82, 2.24) is 5.32 Å². The molecule has 0 aromatic heterocycles. The predicted octanol–water partition coefficient (Wildman–Crippen LogP) is 0.115.